The minimum atomic E-state index is -3.74. The molecule has 2 aromatic heterocycles. The van der Waals surface area contributed by atoms with Gasteiger partial charge in [-0.15, -0.1) is 0 Å². The van der Waals surface area contributed by atoms with Gasteiger partial charge >= 0.3 is 6.09 Å². The summed E-state index contributed by atoms with van der Waals surface area (Å²) in [6.07, 6.45) is 3.68. The monoisotopic (exact) mass is 613 g/mol. The van der Waals surface area contributed by atoms with Gasteiger partial charge in [0.25, 0.3) is 0 Å². The zero-order valence-electron chi connectivity index (χ0n) is 23.7. The van der Waals surface area contributed by atoms with Gasteiger partial charge in [0, 0.05) is 37.6 Å². The number of hydrogen-bond acceptors (Lipinski definition) is 7. The summed E-state index contributed by atoms with van der Waals surface area (Å²) in [6, 6.07) is 13.1. The molecule has 13 heteroatoms. The molecule has 0 aliphatic carbocycles. The van der Waals surface area contributed by atoms with Gasteiger partial charge in [-0.2, -0.15) is 0 Å². The number of sulfonamides is 1. The molecule has 0 aliphatic heterocycles. The number of imidazole rings is 1. The first-order valence-electron chi connectivity index (χ1n) is 13.8. The van der Waals surface area contributed by atoms with Crippen LogP contribution in [0.2, 0.25) is 5.02 Å². The van der Waals surface area contributed by atoms with Crippen LogP contribution >= 0.6 is 11.6 Å². The van der Waals surface area contributed by atoms with Crippen LogP contribution in [0.5, 0.6) is 0 Å². The Balaban J connectivity index is 1.30. The molecule has 1 amide bonds. The third-order valence-electron chi connectivity index (χ3n) is 6.82. The number of hydrogen-bond donors (Lipinski definition) is 3. The predicted octanol–water partition coefficient (Wildman–Crippen LogP) is 5.09. The van der Waals surface area contributed by atoms with Crippen LogP contribution in [-0.2, 0) is 36.1 Å². The van der Waals surface area contributed by atoms with Gasteiger partial charge in [-0.05, 0) is 60.6 Å². The SMILES string of the molecule is CC(C)CCc1nc(N)c2ncn(CCCCN(Cc3ccc(S(=O)(=O)NCc4ccc(Cl)cc4)cc3)C(=O)O)c2n1. The quantitative estimate of drug-likeness (QED) is 0.166. The van der Waals surface area contributed by atoms with Crippen LogP contribution in [0.25, 0.3) is 11.2 Å². The zero-order valence-corrected chi connectivity index (χ0v) is 25.3. The van der Waals surface area contributed by atoms with Gasteiger partial charge in [0.15, 0.2) is 11.5 Å². The van der Waals surface area contributed by atoms with E-state index in [1.807, 2.05) is 4.57 Å². The number of anilines is 1. The molecule has 0 saturated heterocycles. The maximum absolute atomic E-state index is 12.7. The molecule has 0 aliphatic rings. The van der Waals surface area contributed by atoms with Gasteiger partial charge < -0.3 is 20.3 Å². The number of aromatic nitrogens is 4. The van der Waals surface area contributed by atoms with E-state index in [0.29, 0.717) is 65.2 Å². The Hall–Kier alpha value is -3.74. The second-order valence-corrected chi connectivity index (χ2v) is 12.8. The fraction of sp³-hybridized carbons (Fsp3) is 0.379. The molecule has 0 radical (unpaired) electrons. The number of benzene rings is 2. The highest BCUT2D eigenvalue weighted by Crippen LogP contribution is 2.19. The molecule has 4 rings (SSSR count). The fourth-order valence-corrected chi connectivity index (χ4v) is 5.54. The first-order valence-corrected chi connectivity index (χ1v) is 15.7. The Morgan fingerprint density at radius 2 is 1.76 bits per heavy atom. The van der Waals surface area contributed by atoms with Crippen LogP contribution in [0, 0.1) is 5.92 Å². The molecule has 4 aromatic rings. The molecule has 0 unspecified atom stereocenters. The van der Waals surface area contributed by atoms with Crippen molar-refractivity contribution in [3.05, 3.63) is 76.8 Å². The normalized spacial score (nSPS) is 11.8. The lowest BCUT2D eigenvalue weighted by Gasteiger charge is -2.19. The average Bonchev–Trinajstić information content (AvgIpc) is 3.36. The number of fused-ring (bicyclic) bond motifs is 1. The maximum Gasteiger partial charge on any atom is 0.407 e. The number of amides is 1. The molecule has 0 fully saturated rings. The average molecular weight is 614 g/mol. The Morgan fingerprint density at radius 3 is 2.43 bits per heavy atom. The number of carbonyl (C=O) groups is 1. The molecule has 0 saturated carbocycles. The number of halogens is 1. The van der Waals surface area contributed by atoms with Crippen LogP contribution in [-0.4, -0.2) is 50.6 Å². The van der Waals surface area contributed by atoms with E-state index in [4.69, 9.17) is 17.3 Å². The predicted molar refractivity (Wildman–Crippen MR) is 162 cm³/mol. The fourth-order valence-electron chi connectivity index (χ4n) is 4.39. The van der Waals surface area contributed by atoms with Crippen molar-refractivity contribution < 1.29 is 18.3 Å². The third kappa shape index (κ3) is 8.40. The molecule has 11 nitrogen and oxygen atoms in total. The van der Waals surface area contributed by atoms with E-state index < -0.39 is 16.1 Å². The standard InChI is InChI=1S/C29H36ClN7O4S/c1-20(2)5-14-25-34-27(31)26-28(35-25)37(19-32-26)16-4-3-15-36(29(38)39)18-22-8-12-24(13-9-22)42(40,41)33-17-21-6-10-23(30)11-7-21/h6-13,19-20,33H,3-5,14-18H2,1-2H3,(H,38,39)(H2,31,34,35). The van der Waals surface area contributed by atoms with Crippen LogP contribution in [0.4, 0.5) is 10.6 Å². The van der Waals surface area contributed by atoms with Crippen molar-refractivity contribution in [3.8, 4) is 0 Å². The van der Waals surface area contributed by atoms with Crippen molar-refractivity contribution in [1.82, 2.24) is 29.1 Å². The summed E-state index contributed by atoms with van der Waals surface area (Å²) in [4.78, 5) is 26.8. The number of rotatable bonds is 14. The lowest BCUT2D eigenvalue weighted by atomic mass is 10.1. The highest BCUT2D eigenvalue weighted by atomic mass is 35.5. The summed E-state index contributed by atoms with van der Waals surface area (Å²) >= 11 is 5.88. The third-order valence-corrected chi connectivity index (χ3v) is 8.49. The minimum absolute atomic E-state index is 0.103. The van der Waals surface area contributed by atoms with Gasteiger partial charge in [-0.3, -0.25) is 0 Å². The molecular formula is C29H36ClN7O4S. The highest BCUT2D eigenvalue weighted by Gasteiger charge is 2.17. The van der Waals surface area contributed by atoms with Crippen molar-refractivity contribution in [3.63, 3.8) is 0 Å². The van der Waals surface area contributed by atoms with E-state index in [2.05, 4.69) is 33.5 Å². The lowest BCUT2D eigenvalue weighted by molar-refractivity contribution is 0.141. The lowest BCUT2D eigenvalue weighted by Crippen LogP contribution is -2.30. The molecule has 2 aromatic carbocycles. The molecule has 0 atom stereocenters. The first kappa shape index (κ1) is 31.2. The van der Waals surface area contributed by atoms with E-state index in [0.717, 1.165) is 18.4 Å². The van der Waals surface area contributed by atoms with Crippen LogP contribution in [0.1, 0.15) is 50.1 Å². The van der Waals surface area contributed by atoms with Gasteiger partial charge in [0.1, 0.15) is 11.3 Å². The largest absolute Gasteiger partial charge is 0.465 e. The number of nitrogens with one attached hydrogen (secondary N) is 1. The topological polar surface area (TPSA) is 156 Å². The van der Waals surface area contributed by atoms with E-state index in [1.165, 1.54) is 17.0 Å². The molecule has 0 bridgehead atoms. The van der Waals surface area contributed by atoms with Crippen molar-refractivity contribution in [2.24, 2.45) is 5.92 Å². The highest BCUT2D eigenvalue weighted by molar-refractivity contribution is 7.89. The number of carboxylic acid groups (broad SMARTS) is 1. The Kier molecular flexibility index (Phi) is 10.4. The van der Waals surface area contributed by atoms with Crippen LogP contribution in [0.15, 0.2) is 59.8 Å². The summed E-state index contributed by atoms with van der Waals surface area (Å²) in [5.41, 5.74) is 8.84. The summed E-state index contributed by atoms with van der Waals surface area (Å²) in [5.74, 6) is 1.59. The number of nitrogens with two attached hydrogens (primary N) is 1. The molecule has 224 valence electrons. The Labute approximate surface area is 250 Å². The molecule has 0 spiro atoms. The first-order chi connectivity index (χ1) is 20.0. The maximum atomic E-state index is 12.7. The van der Waals surface area contributed by atoms with E-state index in [-0.39, 0.29) is 18.0 Å². The molecule has 4 N–H and O–H groups in total. The van der Waals surface area contributed by atoms with E-state index in [9.17, 15) is 18.3 Å². The second-order valence-electron chi connectivity index (χ2n) is 10.6. The van der Waals surface area contributed by atoms with Gasteiger partial charge in [-0.1, -0.05) is 49.7 Å². The second kappa shape index (κ2) is 14.0. The van der Waals surface area contributed by atoms with Gasteiger partial charge in [0.05, 0.1) is 11.2 Å². The Morgan fingerprint density at radius 1 is 1.07 bits per heavy atom. The van der Waals surface area contributed by atoms with Crippen LogP contribution < -0.4 is 10.5 Å². The van der Waals surface area contributed by atoms with Crippen molar-refractivity contribution in [1.29, 1.82) is 0 Å². The Bertz CT molecular complexity index is 1610. The van der Waals surface area contributed by atoms with Gasteiger partial charge in [0.2, 0.25) is 10.0 Å². The zero-order chi connectivity index (χ0) is 30.3. The molecule has 42 heavy (non-hydrogen) atoms. The summed E-state index contributed by atoms with van der Waals surface area (Å²) < 4.78 is 29.9. The van der Waals surface area contributed by atoms with Crippen LogP contribution in [0.3, 0.4) is 0 Å². The van der Waals surface area contributed by atoms with Crippen molar-refractivity contribution >= 4 is 44.7 Å². The number of unbranched alkanes of at least 4 members (excludes halogenated alkanes) is 1. The van der Waals surface area contributed by atoms with E-state index in [1.54, 1.807) is 42.7 Å². The summed E-state index contributed by atoms with van der Waals surface area (Å²) in [7, 11) is -3.74. The number of aryl methyl sites for hydroxylation is 2. The van der Waals surface area contributed by atoms with Crippen molar-refractivity contribution in [2.45, 2.75) is 64.1 Å². The van der Waals surface area contributed by atoms with E-state index >= 15 is 0 Å². The van der Waals surface area contributed by atoms with Gasteiger partial charge in [-0.25, -0.2) is 32.9 Å². The molecule has 2 heterocycles. The van der Waals surface area contributed by atoms with Crippen molar-refractivity contribution in [2.75, 3.05) is 12.3 Å². The number of nitrogens with zero attached hydrogens (tertiary/aromatic N) is 5. The minimum Gasteiger partial charge on any atom is -0.465 e. The number of nitrogen functional groups attached to an aromatic ring is 1. The molecular weight excluding hydrogens is 578 g/mol. The summed E-state index contributed by atoms with van der Waals surface area (Å²) in [6.45, 7) is 5.50. The summed E-state index contributed by atoms with van der Waals surface area (Å²) in [5, 5.41) is 10.3. The smallest absolute Gasteiger partial charge is 0.407 e.